The van der Waals surface area contributed by atoms with Crippen LogP contribution in [0.5, 0.6) is 0 Å². The SMILES string of the molecule is Cc1cc(NC(=O)[C@@H](CCN2CCC(O)CC2)C2c3ccccc3CC(C(N)=O)N2C(=O)CCC(=O)c2ccccc2)ccc1Cl. The van der Waals surface area contributed by atoms with Crippen molar-refractivity contribution in [3.05, 3.63) is 100 Å². The lowest BCUT2D eigenvalue weighted by Gasteiger charge is -2.45. The third kappa shape index (κ3) is 7.84. The van der Waals surface area contributed by atoms with Gasteiger partial charge in [-0.1, -0.05) is 66.2 Å². The number of aliphatic hydroxyl groups is 1. The molecule has 3 aromatic rings. The summed E-state index contributed by atoms with van der Waals surface area (Å²) in [6.45, 7) is 3.80. The van der Waals surface area contributed by atoms with Crippen molar-refractivity contribution in [1.29, 1.82) is 0 Å². The van der Waals surface area contributed by atoms with Crippen molar-refractivity contribution in [2.75, 3.05) is 25.0 Å². The number of carbonyl (C=O) groups excluding carboxylic acids is 4. The van der Waals surface area contributed by atoms with Crippen LogP contribution in [0.15, 0.2) is 72.8 Å². The molecule has 0 aromatic heterocycles. The maximum absolute atomic E-state index is 14.3. The van der Waals surface area contributed by atoms with Gasteiger partial charge in [0.15, 0.2) is 5.78 Å². The number of hydrogen-bond donors (Lipinski definition) is 3. The first-order valence-corrected chi connectivity index (χ1v) is 16.2. The lowest BCUT2D eigenvalue weighted by Crippen LogP contribution is -2.56. The zero-order chi connectivity index (χ0) is 32.8. The van der Waals surface area contributed by atoms with Crippen LogP contribution in [0.4, 0.5) is 5.69 Å². The van der Waals surface area contributed by atoms with E-state index >= 15 is 0 Å². The zero-order valence-electron chi connectivity index (χ0n) is 26.0. The summed E-state index contributed by atoms with van der Waals surface area (Å²) < 4.78 is 0. The lowest BCUT2D eigenvalue weighted by atomic mass is 9.79. The highest BCUT2D eigenvalue weighted by Gasteiger charge is 2.45. The van der Waals surface area contributed by atoms with Gasteiger partial charge in [0.2, 0.25) is 17.7 Å². The Hall–Kier alpha value is -4.05. The first-order valence-electron chi connectivity index (χ1n) is 15.9. The normalized spacial score (nSPS) is 19.2. The molecule has 2 heterocycles. The van der Waals surface area contributed by atoms with Gasteiger partial charge in [-0.25, -0.2) is 0 Å². The number of ketones is 1. The van der Waals surface area contributed by atoms with Crippen LogP contribution >= 0.6 is 11.6 Å². The Morgan fingerprint density at radius 1 is 0.978 bits per heavy atom. The number of rotatable bonds is 11. The largest absolute Gasteiger partial charge is 0.393 e. The van der Waals surface area contributed by atoms with E-state index in [9.17, 15) is 24.3 Å². The summed E-state index contributed by atoms with van der Waals surface area (Å²) in [5.41, 5.74) is 9.46. The number of likely N-dealkylation sites (tertiary alicyclic amines) is 1. The summed E-state index contributed by atoms with van der Waals surface area (Å²) in [4.78, 5) is 58.1. The fraction of sp³-hybridized carbons (Fsp3) is 0.389. The van der Waals surface area contributed by atoms with Crippen LogP contribution in [0.1, 0.15) is 65.2 Å². The Labute approximate surface area is 274 Å². The minimum Gasteiger partial charge on any atom is -0.393 e. The van der Waals surface area contributed by atoms with Crippen molar-refractivity contribution in [3.8, 4) is 0 Å². The Balaban J connectivity index is 1.50. The summed E-state index contributed by atoms with van der Waals surface area (Å²) in [6.07, 6.45) is 1.38. The van der Waals surface area contributed by atoms with E-state index in [0.29, 0.717) is 55.2 Å². The van der Waals surface area contributed by atoms with E-state index in [0.717, 1.165) is 16.7 Å². The second-order valence-corrected chi connectivity index (χ2v) is 12.7. The van der Waals surface area contributed by atoms with Crippen LogP contribution < -0.4 is 11.1 Å². The number of fused-ring (bicyclic) bond motifs is 1. The van der Waals surface area contributed by atoms with E-state index in [4.69, 9.17) is 17.3 Å². The summed E-state index contributed by atoms with van der Waals surface area (Å²) in [5.74, 6) is -2.33. The number of nitrogens with two attached hydrogens (primary N) is 1. The van der Waals surface area contributed by atoms with Gasteiger partial charge in [-0.3, -0.25) is 19.2 Å². The number of hydrogen-bond acceptors (Lipinski definition) is 6. The van der Waals surface area contributed by atoms with Crippen LogP contribution in [-0.4, -0.2) is 70.2 Å². The van der Waals surface area contributed by atoms with Crippen molar-refractivity contribution in [1.82, 2.24) is 9.80 Å². The van der Waals surface area contributed by atoms with Crippen LogP contribution in [0.25, 0.3) is 0 Å². The molecule has 2 aliphatic rings. The molecule has 46 heavy (non-hydrogen) atoms. The third-order valence-electron chi connectivity index (χ3n) is 9.16. The topological polar surface area (TPSA) is 133 Å². The first-order chi connectivity index (χ1) is 22.1. The molecule has 0 radical (unpaired) electrons. The molecule has 4 N–H and O–H groups in total. The van der Waals surface area contributed by atoms with Gasteiger partial charge >= 0.3 is 0 Å². The minimum absolute atomic E-state index is 0.0454. The Morgan fingerprint density at radius 3 is 2.37 bits per heavy atom. The second-order valence-electron chi connectivity index (χ2n) is 12.3. The van der Waals surface area contributed by atoms with E-state index in [1.807, 2.05) is 37.3 Å². The number of carbonyl (C=O) groups is 4. The fourth-order valence-corrected chi connectivity index (χ4v) is 6.73. The molecule has 10 heteroatoms. The highest BCUT2D eigenvalue weighted by molar-refractivity contribution is 6.31. The van der Waals surface area contributed by atoms with Crippen molar-refractivity contribution in [2.45, 2.75) is 63.6 Å². The molecular weight excluding hydrogens is 604 g/mol. The molecule has 3 atom stereocenters. The van der Waals surface area contributed by atoms with Crippen LogP contribution in [-0.2, 0) is 20.8 Å². The molecule has 0 bridgehead atoms. The second kappa shape index (κ2) is 15.0. The van der Waals surface area contributed by atoms with Gasteiger partial charge in [-0.05, 0) is 67.6 Å². The van der Waals surface area contributed by atoms with E-state index in [2.05, 4.69) is 10.2 Å². The molecule has 0 saturated carbocycles. The molecule has 0 aliphatic carbocycles. The van der Waals surface area contributed by atoms with Gasteiger partial charge in [0.05, 0.1) is 18.1 Å². The summed E-state index contributed by atoms with van der Waals surface area (Å²) in [5, 5.41) is 13.7. The average molecular weight is 645 g/mol. The quantitative estimate of drug-likeness (QED) is 0.259. The number of amides is 3. The molecule has 1 fully saturated rings. The standard InChI is InChI=1S/C36H41ClN4O5/c1-23-21-26(11-12-30(23)37)39-36(46)29(17-20-40-18-15-27(42)16-19-40)34-28-10-6-5-9-25(28)22-31(35(38)45)41(34)33(44)14-13-32(43)24-7-3-2-4-8-24/h2-12,21,27,29,31,34,42H,13-20,22H2,1H3,(H2,38,45)(H,39,46)/t29-,31?,34?/m0/s1. The monoisotopic (exact) mass is 644 g/mol. The molecule has 0 spiro atoms. The summed E-state index contributed by atoms with van der Waals surface area (Å²) in [7, 11) is 0. The number of benzene rings is 3. The average Bonchev–Trinajstić information content (AvgIpc) is 3.06. The van der Waals surface area contributed by atoms with E-state index in [1.165, 1.54) is 4.90 Å². The summed E-state index contributed by atoms with van der Waals surface area (Å²) >= 11 is 6.25. The number of nitrogens with one attached hydrogen (secondary N) is 1. The number of Topliss-reactive ketones (excluding diaryl/α,β-unsaturated/α-hetero) is 1. The van der Waals surface area contributed by atoms with Crippen molar-refractivity contribution < 1.29 is 24.3 Å². The van der Waals surface area contributed by atoms with Gasteiger partial charge < -0.3 is 26.0 Å². The van der Waals surface area contributed by atoms with Crippen LogP contribution in [0.3, 0.4) is 0 Å². The smallest absolute Gasteiger partial charge is 0.240 e. The molecule has 3 aromatic carbocycles. The van der Waals surface area contributed by atoms with Crippen molar-refractivity contribution in [2.24, 2.45) is 11.7 Å². The van der Waals surface area contributed by atoms with E-state index < -0.39 is 29.8 Å². The van der Waals surface area contributed by atoms with Crippen LogP contribution in [0, 0.1) is 12.8 Å². The van der Waals surface area contributed by atoms with Crippen LogP contribution in [0.2, 0.25) is 5.02 Å². The number of aryl methyl sites for hydroxylation is 1. The number of anilines is 1. The number of primary amides is 1. The highest BCUT2D eigenvalue weighted by Crippen LogP contribution is 2.41. The van der Waals surface area contributed by atoms with Gasteiger partial charge in [0, 0.05) is 48.6 Å². The molecule has 9 nitrogen and oxygen atoms in total. The maximum atomic E-state index is 14.3. The number of aliphatic hydroxyl groups excluding tert-OH is 1. The molecule has 5 rings (SSSR count). The molecule has 3 amide bonds. The molecule has 242 valence electrons. The molecule has 2 aliphatic heterocycles. The Bertz CT molecular complexity index is 1570. The third-order valence-corrected chi connectivity index (χ3v) is 9.58. The number of piperidine rings is 1. The van der Waals surface area contributed by atoms with E-state index in [1.54, 1.807) is 42.5 Å². The fourth-order valence-electron chi connectivity index (χ4n) is 6.61. The number of nitrogens with zero attached hydrogens (tertiary/aromatic N) is 2. The minimum atomic E-state index is -0.988. The number of halogens is 1. The Morgan fingerprint density at radius 2 is 1.67 bits per heavy atom. The summed E-state index contributed by atoms with van der Waals surface area (Å²) in [6, 6.07) is 19.8. The molecule has 1 saturated heterocycles. The Kier molecular flexibility index (Phi) is 10.9. The zero-order valence-corrected chi connectivity index (χ0v) is 26.8. The molecular formula is C36H41ClN4O5. The van der Waals surface area contributed by atoms with Gasteiger partial charge in [-0.15, -0.1) is 0 Å². The first kappa shape index (κ1) is 33.3. The predicted molar refractivity (Wildman–Crippen MR) is 177 cm³/mol. The lowest BCUT2D eigenvalue weighted by molar-refractivity contribution is -0.146. The van der Waals surface area contributed by atoms with Gasteiger partial charge in [0.25, 0.3) is 0 Å². The maximum Gasteiger partial charge on any atom is 0.240 e. The van der Waals surface area contributed by atoms with Crippen molar-refractivity contribution >= 4 is 40.8 Å². The van der Waals surface area contributed by atoms with Crippen molar-refractivity contribution in [3.63, 3.8) is 0 Å². The van der Waals surface area contributed by atoms with E-state index in [-0.39, 0.29) is 37.1 Å². The van der Waals surface area contributed by atoms with Gasteiger partial charge in [0.1, 0.15) is 6.04 Å². The van der Waals surface area contributed by atoms with Gasteiger partial charge in [-0.2, -0.15) is 0 Å². The predicted octanol–water partition coefficient (Wildman–Crippen LogP) is 4.69. The molecule has 2 unspecified atom stereocenters. The highest BCUT2D eigenvalue weighted by atomic mass is 35.5.